The Bertz CT molecular complexity index is 931. The largest absolute Gasteiger partial charge is 0.322 e. The summed E-state index contributed by atoms with van der Waals surface area (Å²) in [4.78, 5) is 11.3. The lowest BCUT2D eigenvalue weighted by Gasteiger charge is -2.06. The van der Waals surface area contributed by atoms with Gasteiger partial charge in [0.2, 0.25) is 0 Å². The molecule has 0 aliphatic rings. The van der Waals surface area contributed by atoms with E-state index in [1.54, 1.807) is 0 Å². The summed E-state index contributed by atoms with van der Waals surface area (Å²) in [5, 5.41) is 2.47. The lowest BCUT2D eigenvalue weighted by atomic mass is 10.2. The molecule has 0 saturated carbocycles. The Hall–Kier alpha value is -2.27. The molecule has 23 heavy (non-hydrogen) atoms. The van der Waals surface area contributed by atoms with E-state index >= 15 is 0 Å². The number of nitrogens with one attached hydrogen (secondary N) is 1. The lowest BCUT2D eigenvalue weighted by molar-refractivity contribution is 0.102. The maximum atomic E-state index is 12.0. The number of amides is 1. The van der Waals surface area contributed by atoms with E-state index in [4.69, 9.17) is 9.11 Å². The Morgan fingerprint density at radius 3 is 1.52 bits per heavy atom. The Morgan fingerprint density at radius 1 is 0.739 bits per heavy atom. The fraction of sp³-hybridized carbons (Fsp3) is 0. The molecule has 0 unspecified atom stereocenters. The number of benzene rings is 2. The van der Waals surface area contributed by atoms with Crippen molar-refractivity contribution in [3.05, 3.63) is 54.1 Å². The topological polar surface area (TPSA) is 138 Å². The van der Waals surface area contributed by atoms with Gasteiger partial charge in [-0.25, -0.2) is 0 Å². The Morgan fingerprint density at radius 2 is 1.13 bits per heavy atom. The molecule has 0 aliphatic heterocycles. The number of rotatable bonds is 4. The quantitative estimate of drug-likeness (QED) is 0.704. The van der Waals surface area contributed by atoms with Gasteiger partial charge in [0.25, 0.3) is 26.1 Å². The maximum absolute atomic E-state index is 12.0. The summed E-state index contributed by atoms with van der Waals surface area (Å²) >= 11 is 0. The van der Waals surface area contributed by atoms with Crippen LogP contribution in [0, 0.1) is 0 Å². The third kappa shape index (κ3) is 4.36. The van der Waals surface area contributed by atoms with Gasteiger partial charge >= 0.3 is 0 Å². The van der Waals surface area contributed by atoms with Gasteiger partial charge in [-0.1, -0.05) is 0 Å². The van der Waals surface area contributed by atoms with Gasteiger partial charge in [-0.3, -0.25) is 13.9 Å². The molecule has 10 heteroatoms. The van der Waals surface area contributed by atoms with E-state index in [0.717, 1.165) is 24.3 Å². The number of hydrogen-bond acceptors (Lipinski definition) is 5. The third-order valence-electron chi connectivity index (χ3n) is 2.82. The van der Waals surface area contributed by atoms with Crippen molar-refractivity contribution in [3.8, 4) is 0 Å². The molecule has 0 bridgehead atoms. The normalized spacial score (nSPS) is 11.9. The fourth-order valence-electron chi connectivity index (χ4n) is 1.69. The molecule has 0 radical (unpaired) electrons. The first-order valence-corrected chi connectivity index (χ1v) is 8.92. The lowest BCUT2D eigenvalue weighted by Crippen LogP contribution is -2.12. The van der Waals surface area contributed by atoms with E-state index < -0.39 is 26.1 Å². The summed E-state index contributed by atoms with van der Waals surface area (Å²) in [5.74, 6) is -0.563. The van der Waals surface area contributed by atoms with E-state index in [9.17, 15) is 21.6 Å². The van der Waals surface area contributed by atoms with Gasteiger partial charge in [0.15, 0.2) is 0 Å². The third-order valence-corrected chi connectivity index (χ3v) is 4.56. The molecule has 0 aliphatic carbocycles. The fourth-order valence-corrected chi connectivity index (χ4v) is 2.65. The van der Waals surface area contributed by atoms with Crippen LogP contribution < -0.4 is 5.32 Å². The van der Waals surface area contributed by atoms with E-state index in [0.29, 0.717) is 0 Å². The van der Waals surface area contributed by atoms with Gasteiger partial charge in [-0.2, -0.15) is 16.8 Å². The van der Waals surface area contributed by atoms with Crippen LogP contribution in [-0.4, -0.2) is 31.8 Å². The van der Waals surface area contributed by atoms with Crippen LogP contribution in [-0.2, 0) is 20.2 Å². The molecule has 3 N–H and O–H groups in total. The summed E-state index contributed by atoms with van der Waals surface area (Å²) in [6.45, 7) is 0. The van der Waals surface area contributed by atoms with E-state index in [-0.39, 0.29) is 21.0 Å². The highest BCUT2D eigenvalue weighted by Crippen LogP contribution is 2.16. The molecule has 2 aromatic carbocycles. The molecule has 0 aromatic heterocycles. The first-order valence-electron chi connectivity index (χ1n) is 6.04. The van der Waals surface area contributed by atoms with Crippen molar-refractivity contribution in [2.75, 3.05) is 5.32 Å². The molecule has 0 spiro atoms. The van der Waals surface area contributed by atoms with E-state index in [1.807, 2.05) is 0 Å². The van der Waals surface area contributed by atoms with Crippen molar-refractivity contribution in [2.24, 2.45) is 0 Å². The van der Waals surface area contributed by atoms with Gasteiger partial charge in [-0.15, -0.1) is 0 Å². The molecular formula is C13H11NO7S2. The molecule has 0 heterocycles. The molecule has 0 saturated heterocycles. The second kappa shape index (κ2) is 6.08. The molecule has 0 atom stereocenters. The first kappa shape index (κ1) is 17.1. The van der Waals surface area contributed by atoms with Crippen LogP contribution in [0.2, 0.25) is 0 Å². The average Bonchev–Trinajstić information content (AvgIpc) is 2.46. The zero-order valence-corrected chi connectivity index (χ0v) is 13.0. The number of carbonyl (C=O) groups excluding carboxylic acids is 1. The minimum absolute atomic E-state index is 0.135. The molecule has 1 amide bonds. The van der Waals surface area contributed by atoms with Gasteiger partial charge in [0.05, 0.1) is 9.79 Å². The molecule has 0 fully saturated rings. The summed E-state index contributed by atoms with van der Waals surface area (Å²) in [7, 11) is -8.65. The van der Waals surface area contributed by atoms with Gasteiger partial charge in [-0.05, 0) is 48.5 Å². The van der Waals surface area contributed by atoms with Gasteiger partial charge < -0.3 is 5.32 Å². The van der Waals surface area contributed by atoms with Crippen LogP contribution in [0.15, 0.2) is 58.3 Å². The number of anilines is 1. The van der Waals surface area contributed by atoms with Crippen molar-refractivity contribution in [1.29, 1.82) is 0 Å². The highest BCUT2D eigenvalue weighted by atomic mass is 32.2. The standard InChI is InChI=1S/C13H11NO7S2/c15-13(9-1-5-11(6-2-9)22(16,17)18)14-10-3-7-12(8-4-10)23(19,20)21/h1-8H,(H,14,15)(H,16,17,18)(H,19,20,21). The summed E-state index contributed by atoms with van der Waals surface area (Å²) in [6.07, 6.45) is 0. The predicted molar refractivity (Wildman–Crippen MR) is 80.5 cm³/mol. The van der Waals surface area contributed by atoms with Crippen LogP contribution >= 0.6 is 0 Å². The highest BCUT2D eigenvalue weighted by molar-refractivity contribution is 7.86. The second-order valence-corrected chi connectivity index (χ2v) is 7.30. The van der Waals surface area contributed by atoms with Crippen LogP contribution in [0.5, 0.6) is 0 Å². The SMILES string of the molecule is O=C(Nc1ccc(S(=O)(=O)O)cc1)c1ccc(S(=O)(=O)O)cc1. The van der Waals surface area contributed by atoms with Crippen LogP contribution in [0.1, 0.15) is 10.4 Å². The Balaban J connectivity index is 2.16. The first-order chi connectivity index (χ1) is 10.6. The zero-order valence-electron chi connectivity index (χ0n) is 11.4. The number of hydrogen-bond donors (Lipinski definition) is 3. The van der Waals surface area contributed by atoms with E-state index in [2.05, 4.69) is 5.32 Å². The van der Waals surface area contributed by atoms with Crippen molar-refractivity contribution < 1.29 is 30.7 Å². The van der Waals surface area contributed by atoms with Crippen molar-refractivity contribution in [1.82, 2.24) is 0 Å². The molecule has 2 rings (SSSR count). The maximum Gasteiger partial charge on any atom is 0.294 e. The molecular weight excluding hydrogens is 346 g/mol. The van der Waals surface area contributed by atoms with Gasteiger partial charge in [0, 0.05) is 11.3 Å². The zero-order chi connectivity index (χ0) is 17.3. The molecule has 2 aromatic rings. The van der Waals surface area contributed by atoms with Crippen LogP contribution in [0.3, 0.4) is 0 Å². The van der Waals surface area contributed by atoms with E-state index in [1.165, 1.54) is 24.3 Å². The molecule has 122 valence electrons. The van der Waals surface area contributed by atoms with Crippen molar-refractivity contribution in [3.63, 3.8) is 0 Å². The monoisotopic (exact) mass is 357 g/mol. The van der Waals surface area contributed by atoms with Crippen LogP contribution in [0.25, 0.3) is 0 Å². The van der Waals surface area contributed by atoms with Crippen molar-refractivity contribution >= 4 is 31.8 Å². The summed E-state index contributed by atoms with van der Waals surface area (Å²) in [5.41, 5.74) is 0.414. The Labute approximate surface area is 132 Å². The summed E-state index contributed by atoms with van der Waals surface area (Å²) in [6, 6.07) is 9.38. The molecule has 8 nitrogen and oxygen atoms in total. The smallest absolute Gasteiger partial charge is 0.294 e. The average molecular weight is 357 g/mol. The number of carbonyl (C=O) groups is 1. The van der Waals surface area contributed by atoms with Gasteiger partial charge in [0.1, 0.15) is 0 Å². The minimum atomic E-state index is -4.34. The second-order valence-electron chi connectivity index (χ2n) is 4.45. The highest BCUT2D eigenvalue weighted by Gasteiger charge is 2.12. The Kier molecular flexibility index (Phi) is 4.52. The van der Waals surface area contributed by atoms with Crippen LogP contribution in [0.4, 0.5) is 5.69 Å². The predicted octanol–water partition coefficient (Wildman–Crippen LogP) is 1.43. The summed E-state index contributed by atoms with van der Waals surface area (Å²) < 4.78 is 61.3. The minimum Gasteiger partial charge on any atom is -0.322 e. The van der Waals surface area contributed by atoms with Crippen molar-refractivity contribution in [2.45, 2.75) is 9.79 Å².